The van der Waals surface area contributed by atoms with Gasteiger partial charge in [-0.1, -0.05) is 6.42 Å². The Morgan fingerprint density at radius 2 is 1.80 bits per heavy atom. The molecule has 1 aliphatic heterocycles. The zero-order valence-corrected chi connectivity index (χ0v) is 12.9. The van der Waals surface area contributed by atoms with Crippen LogP contribution < -0.4 is 11.5 Å². The van der Waals surface area contributed by atoms with E-state index < -0.39 is 0 Å². The van der Waals surface area contributed by atoms with Crippen LogP contribution in [0.3, 0.4) is 0 Å². The first kappa shape index (κ1) is 17.2. The van der Waals surface area contributed by atoms with Crippen molar-refractivity contribution in [2.75, 3.05) is 6.54 Å². The molecule has 5 nitrogen and oxygen atoms in total. The molecular formula is C14H26ClN3O2. The lowest BCUT2D eigenvalue weighted by Crippen LogP contribution is -2.51. The first-order valence-electron chi connectivity index (χ1n) is 7.34. The van der Waals surface area contributed by atoms with Gasteiger partial charge in [0.1, 0.15) is 0 Å². The van der Waals surface area contributed by atoms with Gasteiger partial charge in [-0.05, 0) is 39.0 Å². The molecule has 0 radical (unpaired) electrons. The van der Waals surface area contributed by atoms with E-state index in [4.69, 9.17) is 11.5 Å². The van der Waals surface area contributed by atoms with Crippen LogP contribution in [0.5, 0.6) is 0 Å². The monoisotopic (exact) mass is 303 g/mol. The Hall–Kier alpha value is -0.810. The van der Waals surface area contributed by atoms with Crippen molar-refractivity contribution in [3.8, 4) is 0 Å². The van der Waals surface area contributed by atoms with E-state index in [2.05, 4.69) is 6.92 Å². The van der Waals surface area contributed by atoms with E-state index in [1.165, 1.54) is 0 Å². The first-order chi connectivity index (χ1) is 8.99. The highest BCUT2D eigenvalue weighted by molar-refractivity contribution is 5.85. The molecule has 4 N–H and O–H groups in total. The van der Waals surface area contributed by atoms with E-state index in [0.717, 1.165) is 38.5 Å². The van der Waals surface area contributed by atoms with Crippen LogP contribution in [0.25, 0.3) is 0 Å². The van der Waals surface area contributed by atoms with E-state index in [-0.39, 0.29) is 48.1 Å². The summed E-state index contributed by atoms with van der Waals surface area (Å²) in [4.78, 5) is 25.8. The van der Waals surface area contributed by atoms with Crippen LogP contribution in [0.1, 0.15) is 45.4 Å². The fraction of sp³-hybridized carbons (Fsp3) is 0.857. The molecule has 0 spiro atoms. The number of rotatable bonds is 2. The van der Waals surface area contributed by atoms with Gasteiger partial charge in [0.2, 0.25) is 11.8 Å². The number of primary amides is 1. The second kappa shape index (κ2) is 7.27. The maximum absolute atomic E-state index is 12.6. The fourth-order valence-electron chi connectivity index (χ4n) is 3.33. The van der Waals surface area contributed by atoms with Gasteiger partial charge in [0.25, 0.3) is 0 Å². The number of carbonyl (C=O) groups is 2. The smallest absolute Gasteiger partial charge is 0.226 e. The highest BCUT2D eigenvalue weighted by Crippen LogP contribution is 2.29. The molecule has 1 saturated heterocycles. The minimum atomic E-state index is -0.287. The van der Waals surface area contributed by atoms with Crippen molar-refractivity contribution in [2.24, 2.45) is 23.3 Å². The van der Waals surface area contributed by atoms with E-state index in [1.54, 1.807) is 0 Å². The second-order valence-electron chi connectivity index (χ2n) is 6.14. The van der Waals surface area contributed by atoms with Gasteiger partial charge >= 0.3 is 0 Å². The molecule has 1 heterocycles. The van der Waals surface area contributed by atoms with Gasteiger partial charge in [-0.3, -0.25) is 9.59 Å². The number of nitrogens with zero attached hydrogens (tertiary/aromatic N) is 1. The Balaban J connectivity index is 0.00000200. The quantitative estimate of drug-likeness (QED) is 0.798. The van der Waals surface area contributed by atoms with Crippen molar-refractivity contribution >= 4 is 24.2 Å². The van der Waals surface area contributed by atoms with Crippen molar-refractivity contribution in [3.05, 3.63) is 0 Å². The van der Waals surface area contributed by atoms with E-state index in [9.17, 15) is 9.59 Å². The van der Waals surface area contributed by atoms with Gasteiger partial charge in [-0.2, -0.15) is 0 Å². The molecule has 4 unspecified atom stereocenters. The Morgan fingerprint density at radius 1 is 1.10 bits per heavy atom. The van der Waals surface area contributed by atoms with Crippen molar-refractivity contribution < 1.29 is 9.59 Å². The molecule has 20 heavy (non-hydrogen) atoms. The maximum atomic E-state index is 12.6. The molecule has 2 rings (SSSR count). The standard InChI is InChI=1S/C14H25N3O2.ClH/c1-9-5-6-11(13(16)18)8-17(9)14(19)10-3-2-4-12(15)7-10;/h9-12H,2-8,15H2,1H3,(H2,16,18);1H. The molecule has 0 aromatic carbocycles. The van der Waals surface area contributed by atoms with Crippen molar-refractivity contribution in [1.82, 2.24) is 4.90 Å². The summed E-state index contributed by atoms with van der Waals surface area (Å²) in [6.45, 7) is 2.54. The largest absolute Gasteiger partial charge is 0.369 e. The molecule has 4 atom stereocenters. The van der Waals surface area contributed by atoms with Crippen molar-refractivity contribution in [2.45, 2.75) is 57.5 Å². The summed E-state index contributed by atoms with van der Waals surface area (Å²) in [6, 6.07) is 0.357. The van der Waals surface area contributed by atoms with Crippen LogP contribution >= 0.6 is 12.4 Å². The highest BCUT2D eigenvalue weighted by Gasteiger charge is 2.36. The molecule has 0 aromatic heterocycles. The van der Waals surface area contributed by atoms with E-state index in [1.807, 2.05) is 4.90 Å². The Morgan fingerprint density at radius 3 is 2.40 bits per heavy atom. The van der Waals surface area contributed by atoms with Gasteiger partial charge in [-0.15, -0.1) is 12.4 Å². The summed E-state index contributed by atoms with van der Waals surface area (Å²) in [7, 11) is 0. The second-order valence-corrected chi connectivity index (χ2v) is 6.14. The van der Waals surface area contributed by atoms with Crippen LogP contribution in [-0.2, 0) is 9.59 Å². The zero-order chi connectivity index (χ0) is 14.0. The van der Waals surface area contributed by atoms with Crippen LogP contribution in [0, 0.1) is 11.8 Å². The fourth-order valence-corrected chi connectivity index (χ4v) is 3.33. The number of amides is 2. The molecule has 2 fully saturated rings. The maximum Gasteiger partial charge on any atom is 0.226 e. The molecular weight excluding hydrogens is 278 g/mol. The van der Waals surface area contributed by atoms with Crippen LogP contribution in [0.4, 0.5) is 0 Å². The molecule has 0 bridgehead atoms. The minimum absolute atomic E-state index is 0. The zero-order valence-electron chi connectivity index (χ0n) is 12.1. The normalized spacial score (nSPS) is 34.2. The molecule has 1 saturated carbocycles. The number of likely N-dealkylation sites (tertiary alicyclic amines) is 1. The number of carbonyl (C=O) groups excluding carboxylic acids is 2. The third-order valence-electron chi connectivity index (χ3n) is 4.63. The predicted octanol–water partition coefficient (Wildman–Crippen LogP) is 1.04. The molecule has 1 aliphatic carbocycles. The lowest BCUT2D eigenvalue weighted by atomic mass is 9.83. The third-order valence-corrected chi connectivity index (χ3v) is 4.63. The summed E-state index contributed by atoms with van der Waals surface area (Å²) in [5, 5.41) is 0. The molecule has 2 amide bonds. The highest BCUT2D eigenvalue weighted by atomic mass is 35.5. The summed E-state index contributed by atoms with van der Waals surface area (Å²) >= 11 is 0. The Kier molecular flexibility index (Phi) is 6.27. The Labute approximate surface area is 126 Å². The van der Waals surface area contributed by atoms with E-state index in [0.29, 0.717) is 6.54 Å². The Bertz CT molecular complexity index is 364. The molecule has 6 heteroatoms. The topological polar surface area (TPSA) is 89.4 Å². The van der Waals surface area contributed by atoms with Crippen LogP contribution in [0.2, 0.25) is 0 Å². The van der Waals surface area contributed by atoms with Crippen molar-refractivity contribution in [3.63, 3.8) is 0 Å². The number of halogens is 1. The predicted molar refractivity (Wildman–Crippen MR) is 80.3 cm³/mol. The van der Waals surface area contributed by atoms with Crippen molar-refractivity contribution in [1.29, 1.82) is 0 Å². The summed E-state index contributed by atoms with van der Waals surface area (Å²) in [6.07, 6.45) is 5.41. The van der Waals surface area contributed by atoms with Gasteiger partial charge in [-0.25, -0.2) is 0 Å². The molecule has 116 valence electrons. The average molecular weight is 304 g/mol. The summed E-state index contributed by atoms with van der Waals surface area (Å²) in [5.74, 6) is -0.256. The van der Waals surface area contributed by atoms with Gasteiger partial charge in [0, 0.05) is 24.5 Å². The molecule has 0 aromatic rings. The summed E-state index contributed by atoms with van der Waals surface area (Å²) in [5.41, 5.74) is 11.3. The first-order valence-corrected chi connectivity index (χ1v) is 7.34. The number of hydrogen-bond donors (Lipinski definition) is 2. The number of hydrogen-bond acceptors (Lipinski definition) is 3. The summed E-state index contributed by atoms with van der Waals surface area (Å²) < 4.78 is 0. The number of nitrogens with two attached hydrogens (primary N) is 2. The van der Waals surface area contributed by atoms with Crippen LogP contribution in [0.15, 0.2) is 0 Å². The number of piperidine rings is 1. The van der Waals surface area contributed by atoms with Gasteiger partial charge < -0.3 is 16.4 Å². The minimum Gasteiger partial charge on any atom is -0.369 e. The lowest BCUT2D eigenvalue weighted by Gasteiger charge is -2.40. The SMILES string of the molecule is CC1CCC(C(N)=O)CN1C(=O)C1CCCC(N)C1.Cl. The van der Waals surface area contributed by atoms with E-state index >= 15 is 0 Å². The van der Waals surface area contributed by atoms with Gasteiger partial charge in [0.05, 0.1) is 5.92 Å². The van der Waals surface area contributed by atoms with Crippen LogP contribution in [-0.4, -0.2) is 35.3 Å². The third kappa shape index (κ3) is 3.85. The molecule has 2 aliphatic rings. The lowest BCUT2D eigenvalue weighted by molar-refractivity contribution is -0.142. The average Bonchev–Trinajstić information content (AvgIpc) is 2.38. The van der Waals surface area contributed by atoms with Gasteiger partial charge in [0.15, 0.2) is 0 Å².